The van der Waals surface area contributed by atoms with Crippen molar-refractivity contribution in [2.75, 3.05) is 19.6 Å². The summed E-state index contributed by atoms with van der Waals surface area (Å²) in [6.45, 7) is 4.08. The second kappa shape index (κ2) is 5.09. The normalized spacial score (nSPS) is 25.6. The van der Waals surface area contributed by atoms with Crippen molar-refractivity contribution in [2.24, 2.45) is 5.92 Å². The molecule has 108 valence electrons. The summed E-state index contributed by atoms with van der Waals surface area (Å²) in [5.41, 5.74) is 0.786. The lowest BCUT2D eigenvalue weighted by molar-refractivity contribution is -0.143. The summed E-state index contributed by atoms with van der Waals surface area (Å²) in [5.74, 6) is -0.436. The van der Waals surface area contributed by atoms with Crippen molar-refractivity contribution in [3.63, 3.8) is 0 Å². The van der Waals surface area contributed by atoms with Crippen LogP contribution in [0.4, 0.5) is 4.79 Å². The molecule has 2 aliphatic rings. The number of nitrogens with zero attached hydrogens (tertiary/aromatic N) is 2. The minimum Gasteiger partial charge on any atom is -0.479 e. The van der Waals surface area contributed by atoms with Gasteiger partial charge in [0.25, 0.3) is 0 Å². The van der Waals surface area contributed by atoms with Crippen LogP contribution < -0.4 is 0 Å². The van der Waals surface area contributed by atoms with Gasteiger partial charge in [0.15, 0.2) is 6.04 Å². The van der Waals surface area contributed by atoms with Gasteiger partial charge in [-0.1, -0.05) is 6.92 Å². The third-order valence-corrected chi connectivity index (χ3v) is 5.14. The molecule has 5 nitrogen and oxygen atoms in total. The van der Waals surface area contributed by atoms with Gasteiger partial charge in [0.2, 0.25) is 0 Å². The van der Waals surface area contributed by atoms with E-state index in [9.17, 15) is 14.7 Å². The van der Waals surface area contributed by atoms with E-state index in [0.29, 0.717) is 12.5 Å². The maximum Gasteiger partial charge on any atom is 0.331 e. The second-order valence-corrected chi connectivity index (χ2v) is 6.61. The fourth-order valence-electron chi connectivity index (χ4n) is 3.08. The summed E-state index contributed by atoms with van der Waals surface area (Å²) in [7, 11) is 0. The second-order valence-electron chi connectivity index (χ2n) is 5.61. The van der Waals surface area contributed by atoms with Gasteiger partial charge in [-0.25, -0.2) is 9.59 Å². The molecular formula is C14H18N2O3S. The summed E-state index contributed by atoms with van der Waals surface area (Å²) < 4.78 is 0. The van der Waals surface area contributed by atoms with Crippen molar-refractivity contribution >= 4 is 23.3 Å². The van der Waals surface area contributed by atoms with Crippen LogP contribution in [-0.4, -0.2) is 46.5 Å². The molecule has 0 saturated carbocycles. The highest BCUT2D eigenvalue weighted by atomic mass is 32.1. The van der Waals surface area contributed by atoms with Crippen molar-refractivity contribution in [3.05, 3.63) is 21.9 Å². The molecule has 2 unspecified atom stereocenters. The molecule has 3 rings (SSSR count). The minimum absolute atomic E-state index is 0.126. The molecule has 2 atom stereocenters. The molecule has 20 heavy (non-hydrogen) atoms. The average Bonchev–Trinajstić information content (AvgIpc) is 3.04. The molecule has 1 aromatic rings. The van der Waals surface area contributed by atoms with Gasteiger partial charge in [0.05, 0.1) is 0 Å². The van der Waals surface area contributed by atoms with Gasteiger partial charge in [-0.2, -0.15) is 0 Å². The number of thiophene rings is 1. The Balaban J connectivity index is 1.86. The van der Waals surface area contributed by atoms with Crippen LogP contribution in [-0.2, 0) is 11.2 Å². The first-order valence-electron chi connectivity index (χ1n) is 6.92. The molecule has 0 aromatic carbocycles. The number of likely N-dealkylation sites (tertiary alicyclic amines) is 1. The molecule has 2 amide bonds. The standard InChI is InChI=1S/C14H18N2O3S/c1-9-2-5-15(8-9)14(19)16-6-3-11-10(4-7-20-11)12(16)13(17)18/h4,7,9,12H,2-3,5-6,8H2,1H3,(H,17,18). The number of rotatable bonds is 1. The van der Waals surface area contributed by atoms with Gasteiger partial charge in [0.1, 0.15) is 0 Å². The van der Waals surface area contributed by atoms with E-state index in [1.165, 1.54) is 4.90 Å². The van der Waals surface area contributed by atoms with Crippen LogP contribution in [0.25, 0.3) is 0 Å². The summed E-state index contributed by atoms with van der Waals surface area (Å²) in [4.78, 5) is 28.6. The van der Waals surface area contributed by atoms with Gasteiger partial charge < -0.3 is 14.9 Å². The highest BCUT2D eigenvalue weighted by molar-refractivity contribution is 7.10. The van der Waals surface area contributed by atoms with E-state index in [-0.39, 0.29) is 6.03 Å². The molecule has 0 bridgehead atoms. The van der Waals surface area contributed by atoms with Crippen molar-refractivity contribution < 1.29 is 14.7 Å². The fourth-order valence-corrected chi connectivity index (χ4v) is 3.98. The zero-order chi connectivity index (χ0) is 14.3. The number of carbonyl (C=O) groups is 2. The maximum atomic E-state index is 12.6. The van der Waals surface area contributed by atoms with Crippen LogP contribution >= 0.6 is 11.3 Å². The number of aliphatic carboxylic acids is 1. The van der Waals surface area contributed by atoms with Gasteiger partial charge in [-0.15, -0.1) is 11.3 Å². The number of carboxylic acids is 1. The lowest BCUT2D eigenvalue weighted by Gasteiger charge is -2.35. The third-order valence-electron chi connectivity index (χ3n) is 4.14. The van der Waals surface area contributed by atoms with Gasteiger partial charge in [-0.3, -0.25) is 0 Å². The summed E-state index contributed by atoms with van der Waals surface area (Å²) in [5, 5.41) is 11.4. The van der Waals surface area contributed by atoms with E-state index in [1.807, 2.05) is 11.4 Å². The smallest absolute Gasteiger partial charge is 0.331 e. The number of fused-ring (bicyclic) bond motifs is 1. The number of hydrogen-bond acceptors (Lipinski definition) is 3. The Morgan fingerprint density at radius 2 is 2.20 bits per heavy atom. The number of carboxylic acid groups (broad SMARTS) is 1. The first-order valence-corrected chi connectivity index (χ1v) is 7.80. The summed E-state index contributed by atoms with van der Waals surface area (Å²) in [6.07, 6.45) is 1.76. The molecule has 0 spiro atoms. The zero-order valence-electron chi connectivity index (χ0n) is 11.4. The topological polar surface area (TPSA) is 60.9 Å². The van der Waals surface area contributed by atoms with Crippen LogP contribution in [0.15, 0.2) is 11.4 Å². The lowest BCUT2D eigenvalue weighted by Crippen LogP contribution is -2.48. The van der Waals surface area contributed by atoms with Crippen LogP contribution in [0.5, 0.6) is 0 Å². The van der Waals surface area contributed by atoms with E-state index in [4.69, 9.17) is 0 Å². The molecule has 2 aliphatic heterocycles. The van der Waals surface area contributed by atoms with Crippen LogP contribution in [0, 0.1) is 5.92 Å². The molecule has 3 heterocycles. The number of carbonyl (C=O) groups excluding carboxylic acids is 1. The van der Waals surface area contributed by atoms with Gasteiger partial charge in [0, 0.05) is 24.5 Å². The number of hydrogen-bond donors (Lipinski definition) is 1. The number of amides is 2. The van der Waals surface area contributed by atoms with Crippen molar-refractivity contribution in [1.82, 2.24) is 9.80 Å². The van der Waals surface area contributed by atoms with Crippen molar-refractivity contribution in [3.8, 4) is 0 Å². The molecule has 0 radical (unpaired) electrons. The van der Waals surface area contributed by atoms with Crippen LogP contribution in [0.1, 0.15) is 29.8 Å². The van der Waals surface area contributed by atoms with E-state index in [2.05, 4.69) is 6.92 Å². The largest absolute Gasteiger partial charge is 0.479 e. The molecular weight excluding hydrogens is 276 g/mol. The van der Waals surface area contributed by atoms with Gasteiger partial charge in [-0.05, 0) is 35.8 Å². The first-order chi connectivity index (χ1) is 9.58. The highest BCUT2D eigenvalue weighted by Gasteiger charge is 2.39. The predicted octanol–water partition coefficient (Wildman–Crippen LogP) is 2.19. The van der Waals surface area contributed by atoms with E-state index < -0.39 is 12.0 Å². The lowest BCUT2D eigenvalue weighted by atomic mass is 10.0. The zero-order valence-corrected chi connectivity index (χ0v) is 12.2. The SMILES string of the molecule is CC1CCN(C(=O)N2CCc3sccc3C2C(=O)O)C1. The van der Waals surface area contributed by atoms with Gasteiger partial charge >= 0.3 is 12.0 Å². The monoisotopic (exact) mass is 294 g/mol. The van der Waals surface area contributed by atoms with Crippen molar-refractivity contribution in [2.45, 2.75) is 25.8 Å². The maximum absolute atomic E-state index is 12.6. The minimum atomic E-state index is -0.940. The Morgan fingerprint density at radius 1 is 1.40 bits per heavy atom. The van der Waals surface area contributed by atoms with Crippen molar-refractivity contribution in [1.29, 1.82) is 0 Å². The summed E-state index contributed by atoms with van der Waals surface area (Å²) >= 11 is 1.58. The van der Waals surface area contributed by atoms with E-state index >= 15 is 0 Å². The molecule has 1 fully saturated rings. The van der Waals surface area contributed by atoms with E-state index in [0.717, 1.165) is 36.4 Å². The first kappa shape index (κ1) is 13.4. The Labute approximate surface area is 121 Å². The molecule has 1 N–H and O–H groups in total. The fraction of sp³-hybridized carbons (Fsp3) is 0.571. The Hall–Kier alpha value is -1.56. The summed E-state index contributed by atoms with van der Waals surface area (Å²) in [6, 6.07) is 0.886. The average molecular weight is 294 g/mol. The molecule has 1 saturated heterocycles. The third kappa shape index (κ3) is 2.18. The molecule has 6 heteroatoms. The van der Waals surface area contributed by atoms with Crippen LogP contribution in [0.3, 0.4) is 0 Å². The number of urea groups is 1. The Kier molecular flexibility index (Phi) is 3.41. The Bertz CT molecular complexity index is 542. The van der Waals surface area contributed by atoms with E-state index in [1.54, 1.807) is 16.2 Å². The quantitative estimate of drug-likeness (QED) is 0.863. The highest BCUT2D eigenvalue weighted by Crippen LogP contribution is 2.34. The molecule has 0 aliphatic carbocycles. The molecule has 1 aromatic heterocycles. The predicted molar refractivity (Wildman–Crippen MR) is 75.9 cm³/mol. The Morgan fingerprint density at radius 3 is 2.85 bits per heavy atom. The van der Waals surface area contributed by atoms with Crippen LogP contribution in [0.2, 0.25) is 0 Å².